The molecule has 0 aliphatic rings. The first kappa shape index (κ1) is 13.5. The van der Waals surface area contributed by atoms with Gasteiger partial charge in [0.2, 0.25) is 11.1 Å². The second kappa shape index (κ2) is 5.36. The van der Waals surface area contributed by atoms with E-state index in [0.717, 1.165) is 10.2 Å². The third kappa shape index (κ3) is 2.73. The van der Waals surface area contributed by atoms with E-state index < -0.39 is 11.4 Å². The Morgan fingerprint density at radius 3 is 2.53 bits per heavy atom. The molecule has 1 aromatic carbocycles. The summed E-state index contributed by atoms with van der Waals surface area (Å²) in [5.41, 5.74) is 0.542. The Balaban J connectivity index is 2.59. The van der Waals surface area contributed by atoms with E-state index >= 15 is 0 Å². The van der Waals surface area contributed by atoms with Crippen LogP contribution in [0.4, 0.5) is 0 Å². The van der Waals surface area contributed by atoms with Crippen LogP contribution in [0.2, 0.25) is 0 Å². The summed E-state index contributed by atoms with van der Waals surface area (Å²) in [6.45, 7) is 1.63. The molecule has 0 fully saturated rings. The predicted octanol–water partition coefficient (Wildman–Crippen LogP) is 2.09. The van der Waals surface area contributed by atoms with E-state index in [1.54, 1.807) is 13.1 Å². The smallest absolute Gasteiger partial charge is 0.362 e. The van der Waals surface area contributed by atoms with Crippen molar-refractivity contribution in [3.05, 3.63) is 56.4 Å². The lowest BCUT2D eigenvalue weighted by molar-refractivity contribution is 0.0590. The third-order valence-electron chi connectivity index (χ3n) is 2.57. The van der Waals surface area contributed by atoms with E-state index in [4.69, 9.17) is 0 Å². The number of hydrogen-bond donors (Lipinski definition) is 0. The maximum Gasteiger partial charge on any atom is 0.362 e. The standard InChI is InChI=1S/C13H11BrN2O3/c1-8-7-16(10-5-3-9(14)4-6-10)15-11(12(8)17)13(18)19-2/h3-7H,1-2H3. The molecule has 0 atom stereocenters. The Hall–Kier alpha value is -1.95. The van der Waals surface area contributed by atoms with Gasteiger partial charge in [0, 0.05) is 16.2 Å². The van der Waals surface area contributed by atoms with Crippen molar-refractivity contribution in [2.45, 2.75) is 6.92 Å². The topological polar surface area (TPSA) is 61.2 Å². The molecule has 0 bridgehead atoms. The molecule has 5 nitrogen and oxygen atoms in total. The summed E-state index contributed by atoms with van der Waals surface area (Å²) in [6, 6.07) is 7.34. The number of carbonyl (C=O) groups is 1. The van der Waals surface area contributed by atoms with Crippen LogP contribution in [0.1, 0.15) is 16.1 Å². The van der Waals surface area contributed by atoms with Gasteiger partial charge in [0.1, 0.15) is 0 Å². The molecule has 0 saturated heterocycles. The Bertz CT molecular complexity index is 677. The van der Waals surface area contributed by atoms with Crippen LogP contribution in [0.25, 0.3) is 5.69 Å². The van der Waals surface area contributed by atoms with Gasteiger partial charge in [-0.2, -0.15) is 5.10 Å². The summed E-state index contributed by atoms with van der Waals surface area (Å²) < 4.78 is 6.97. The largest absolute Gasteiger partial charge is 0.464 e. The van der Waals surface area contributed by atoms with E-state index in [9.17, 15) is 9.59 Å². The van der Waals surface area contributed by atoms with Crippen molar-refractivity contribution < 1.29 is 9.53 Å². The highest BCUT2D eigenvalue weighted by Gasteiger charge is 2.15. The Morgan fingerprint density at radius 2 is 1.95 bits per heavy atom. The van der Waals surface area contributed by atoms with Gasteiger partial charge in [0.25, 0.3) is 0 Å². The summed E-state index contributed by atoms with van der Waals surface area (Å²) in [5, 5.41) is 4.02. The SMILES string of the molecule is COC(=O)c1nn(-c2ccc(Br)cc2)cc(C)c1=O. The molecule has 0 unspecified atom stereocenters. The van der Waals surface area contributed by atoms with Gasteiger partial charge in [-0.15, -0.1) is 0 Å². The van der Waals surface area contributed by atoms with E-state index in [1.165, 1.54) is 11.8 Å². The molecule has 0 aliphatic heterocycles. The molecular formula is C13H11BrN2O3. The Labute approximate surface area is 118 Å². The molecule has 0 spiro atoms. The number of aryl methyl sites for hydroxylation is 1. The minimum absolute atomic E-state index is 0.217. The number of benzene rings is 1. The predicted molar refractivity (Wildman–Crippen MR) is 73.6 cm³/mol. The number of methoxy groups -OCH3 is 1. The highest BCUT2D eigenvalue weighted by Crippen LogP contribution is 2.13. The zero-order valence-electron chi connectivity index (χ0n) is 10.4. The molecule has 2 rings (SSSR count). The number of nitrogens with zero attached hydrogens (tertiary/aromatic N) is 2. The first-order valence-corrected chi connectivity index (χ1v) is 6.27. The van der Waals surface area contributed by atoms with Crippen LogP contribution in [0.3, 0.4) is 0 Å². The molecule has 1 heterocycles. The van der Waals surface area contributed by atoms with Crippen molar-refractivity contribution in [3.8, 4) is 5.69 Å². The summed E-state index contributed by atoms with van der Waals surface area (Å²) in [6.07, 6.45) is 1.58. The van der Waals surface area contributed by atoms with Crippen molar-refractivity contribution in [2.24, 2.45) is 0 Å². The molecule has 19 heavy (non-hydrogen) atoms. The van der Waals surface area contributed by atoms with Crippen molar-refractivity contribution in [1.82, 2.24) is 9.78 Å². The van der Waals surface area contributed by atoms with E-state index in [-0.39, 0.29) is 5.69 Å². The lowest BCUT2D eigenvalue weighted by Gasteiger charge is -2.08. The first-order valence-electron chi connectivity index (χ1n) is 5.48. The van der Waals surface area contributed by atoms with Crippen LogP contribution in [0.5, 0.6) is 0 Å². The Kier molecular flexibility index (Phi) is 3.80. The van der Waals surface area contributed by atoms with Gasteiger partial charge < -0.3 is 4.74 Å². The molecule has 1 aromatic heterocycles. The van der Waals surface area contributed by atoms with Gasteiger partial charge in [0.15, 0.2) is 0 Å². The molecule has 98 valence electrons. The quantitative estimate of drug-likeness (QED) is 0.794. The van der Waals surface area contributed by atoms with Gasteiger partial charge in [0.05, 0.1) is 12.8 Å². The maximum absolute atomic E-state index is 11.8. The molecule has 0 saturated carbocycles. The van der Waals surface area contributed by atoms with Crippen LogP contribution < -0.4 is 5.43 Å². The highest BCUT2D eigenvalue weighted by molar-refractivity contribution is 9.10. The number of halogens is 1. The van der Waals surface area contributed by atoms with Crippen LogP contribution >= 0.6 is 15.9 Å². The number of carbonyl (C=O) groups excluding carboxylic acids is 1. The molecule has 0 amide bonds. The van der Waals surface area contributed by atoms with Gasteiger partial charge >= 0.3 is 5.97 Å². The molecule has 0 radical (unpaired) electrons. The zero-order chi connectivity index (χ0) is 14.0. The van der Waals surface area contributed by atoms with Gasteiger partial charge in [-0.3, -0.25) is 4.79 Å². The number of rotatable bonds is 2. The first-order chi connectivity index (χ1) is 9.02. The van der Waals surface area contributed by atoms with Crippen LogP contribution in [-0.2, 0) is 4.74 Å². The molecule has 0 N–H and O–H groups in total. The van der Waals surface area contributed by atoms with Crippen LogP contribution in [-0.4, -0.2) is 22.9 Å². The molecule has 2 aromatic rings. The normalized spacial score (nSPS) is 10.3. The summed E-state index contributed by atoms with van der Waals surface area (Å²) in [7, 11) is 1.22. The molecule has 6 heteroatoms. The monoisotopic (exact) mass is 322 g/mol. The second-order valence-electron chi connectivity index (χ2n) is 3.90. The highest BCUT2D eigenvalue weighted by atomic mass is 79.9. The lowest BCUT2D eigenvalue weighted by Crippen LogP contribution is -2.24. The number of ether oxygens (including phenoxy) is 1. The van der Waals surface area contributed by atoms with Gasteiger partial charge in [-0.25, -0.2) is 9.48 Å². The minimum atomic E-state index is -0.737. The van der Waals surface area contributed by atoms with Gasteiger partial charge in [-0.1, -0.05) is 15.9 Å². The van der Waals surface area contributed by atoms with Crippen LogP contribution in [0.15, 0.2) is 39.7 Å². The fourth-order valence-corrected chi connectivity index (χ4v) is 1.83. The second-order valence-corrected chi connectivity index (χ2v) is 4.82. The summed E-state index contributed by atoms with van der Waals surface area (Å²) >= 11 is 3.34. The fraction of sp³-hybridized carbons (Fsp3) is 0.154. The van der Waals surface area contributed by atoms with Gasteiger partial charge in [-0.05, 0) is 31.2 Å². The van der Waals surface area contributed by atoms with Crippen LogP contribution in [0, 0.1) is 6.92 Å². The molecule has 0 aliphatic carbocycles. The Morgan fingerprint density at radius 1 is 1.32 bits per heavy atom. The fourth-order valence-electron chi connectivity index (χ4n) is 1.57. The van der Waals surface area contributed by atoms with Crippen molar-refractivity contribution in [1.29, 1.82) is 0 Å². The van der Waals surface area contributed by atoms with E-state index in [1.807, 2.05) is 24.3 Å². The summed E-state index contributed by atoms with van der Waals surface area (Å²) in [5.74, 6) is -0.737. The van der Waals surface area contributed by atoms with Crippen molar-refractivity contribution in [3.63, 3.8) is 0 Å². The van der Waals surface area contributed by atoms with Crippen molar-refractivity contribution >= 4 is 21.9 Å². The number of esters is 1. The van der Waals surface area contributed by atoms with E-state index in [0.29, 0.717) is 5.56 Å². The van der Waals surface area contributed by atoms with Crippen molar-refractivity contribution in [2.75, 3.05) is 7.11 Å². The average molecular weight is 323 g/mol. The zero-order valence-corrected chi connectivity index (χ0v) is 12.0. The maximum atomic E-state index is 11.8. The number of hydrogen-bond acceptors (Lipinski definition) is 4. The number of aromatic nitrogens is 2. The lowest BCUT2D eigenvalue weighted by atomic mass is 10.2. The minimum Gasteiger partial charge on any atom is -0.464 e. The van der Waals surface area contributed by atoms with E-state index in [2.05, 4.69) is 25.8 Å². The third-order valence-corrected chi connectivity index (χ3v) is 3.10. The average Bonchev–Trinajstić information content (AvgIpc) is 2.41. The molecular weight excluding hydrogens is 312 g/mol. The summed E-state index contributed by atoms with van der Waals surface area (Å²) in [4.78, 5) is 23.3.